The Kier molecular flexibility index (Phi) is 5.11. The molecule has 80 valence electrons. The smallest absolute Gasteiger partial charge is 0.315 e. The quantitative estimate of drug-likeness (QED) is 0.767. The fourth-order valence-corrected chi connectivity index (χ4v) is 1.78. The predicted molar refractivity (Wildman–Crippen MR) is 59.9 cm³/mol. The van der Waals surface area contributed by atoms with Crippen LogP contribution in [0.3, 0.4) is 0 Å². The van der Waals surface area contributed by atoms with E-state index in [4.69, 9.17) is 16.0 Å². The second-order valence-corrected chi connectivity index (χ2v) is 4.25. The van der Waals surface area contributed by atoms with E-state index in [0.29, 0.717) is 17.8 Å². The van der Waals surface area contributed by atoms with Gasteiger partial charge in [-0.3, -0.25) is 0 Å². The lowest BCUT2D eigenvalue weighted by atomic mass is 10.2. The van der Waals surface area contributed by atoms with Crippen molar-refractivity contribution < 1.29 is 4.42 Å². The molecule has 0 aliphatic rings. The number of rotatable bonds is 6. The highest BCUT2D eigenvalue weighted by Gasteiger charge is 2.06. The zero-order chi connectivity index (χ0) is 10.4. The standard InChI is InChI=1S/C8H14ClN3OS/c1-6(5-14-2)4-10-8-12-11-7(3-9)13-8/h6H,3-5H2,1-2H3,(H,10,12). The van der Waals surface area contributed by atoms with E-state index in [1.807, 2.05) is 11.8 Å². The van der Waals surface area contributed by atoms with Gasteiger partial charge < -0.3 is 9.73 Å². The van der Waals surface area contributed by atoms with Gasteiger partial charge in [-0.1, -0.05) is 12.0 Å². The largest absolute Gasteiger partial charge is 0.407 e. The number of thioether (sulfide) groups is 1. The Balaban J connectivity index is 2.30. The van der Waals surface area contributed by atoms with Gasteiger partial charge in [-0.05, 0) is 17.9 Å². The fraction of sp³-hybridized carbons (Fsp3) is 0.750. The van der Waals surface area contributed by atoms with Crippen molar-refractivity contribution in [3.05, 3.63) is 5.89 Å². The third-order valence-electron chi connectivity index (χ3n) is 1.63. The van der Waals surface area contributed by atoms with Crippen molar-refractivity contribution in [3.8, 4) is 0 Å². The summed E-state index contributed by atoms with van der Waals surface area (Å²) in [5, 5.41) is 10.6. The lowest BCUT2D eigenvalue weighted by Gasteiger charge is -2.08. The molecular formula is C8H14ClN3OS. The van der Waals surface area contributed by atoms with Gasteiger partial charge in [0.25, 0.3) is 0 Å². The van der Waals surface area contributed by atoms with Crippen LogP contribution in [0.5, 0.6) is 0 Å². The topological polar surface area (TPSA) is 51.0 Å². The Morgan fingerprint density at radius 2 is 2.36 bits per heavy atom. The first-order valence-corrected chi connectivity index (χ1v) is 6.30. The molecule has 0 amide bonds. The van der Waals surface area contributed by atoms with Crippen molar-refractivity contribution in [1.82, 2.24) is 10.2 Å². The molecule has 0 radical (unpaired) electrons. The second-order valence-electron chi connectivity index (χ2n) is 3.08. The van der Waals surface area contributed by atoms with Crippen molar-refractivity contribution in [2.45, 2.75) is 12.8 Å². The molecule has 1 heterocycles. The van der Waals surface area contributed by atoms with E-state index in [1.165, 1.54) is 0 Å². The van der Waals surface area contributed by atoms with Crippen LogP contribution >= 0.6 is 23.4 Å². The van der Waals surface area contributed by atoms with E-state index in [1.54, 1.807) is 0 Å². The maximum Gasteiger partial charge on any atom is 0.315 e. The Hall–Kier alpha value is -0.420. The minimum Gasteiger partial charge on any atom is -0.407 e. The van der Waals surface area contributed by atoms with Gasteiger partial charge in [0, 0.05) is 6.54 Å². The van der Waals surface area contributed by atoms with Crippen LogP contribution in [0.15, 0.2) is 4.42 Å². The molecule has 0 saturated carbocycles. The first-order chi connectivity index (χ1) is 6.76. The molecule has 6 heteroatoms. The summed E-state index contributed by atoms with van der Waals surface area (Å²) >= 11 is 7.35. The van der Waals surface area contributed by atoms with Gasteiger partial charge in [0.1, 0.15) is 5.88 Å². The molecule has 0 aromatic carbocycles. The minimum absolute atomic E-state index is 0.259. The van der Waals surface area contributed by atoms with E-state index >= 15 is 0 Å². The molecule has 14 heavy (non-hydrogen) atoms. The molecule has 1 N–H and O–H groups in total. The van der Waals surface area contributed by atoms with Gasteiger partial charge in [-0.15, -0.1) is 16.7 Å². The Bertz CT molecular complexity index is 269. The second kappa shape index (κ2) is 6.14. The molecule has 1 unspecified atom stereocenters. The van der Waals surface area contributed by atoms with Crippen LogP contribution in [0.25, 0.3) is 0 Å². The molecule has 0 bridgehead atoms. The van der Waals surface area contributed by atoms with E-state index in [2.05, 4.69) is 28.7 Å². The number of nitrogens with zero attached hydrogens (tertiary/aromatic N) is 2. The summed E-state index contributed by atoms with van der Waals surface area (Å²) in [6, 6.07) is 0.452. The van der Waals surface area contributed by atoms with Crippen LogP contribution in [0.1, 0.15) is 12.8 Å². The number of halogens is 1. The third kappa shape index (κ3) is 3.75. The highest BCUT2D eigenvalue weighted by molar-refractivity contribution is 7.98. The maximum atomic E-state index is 5.53. The summed E-state index contributed by atoms with van der Waals surface area (Å²) in [5.41, 5.74) is 0. The summed E-state index contributed by atoms with van der Waals surface area (Å²) in [4.78, 5) is 0. The van der Waals surface area contributed by atoms with Crippen molar-refractivity contribution in [3.63, 3.8) is 0 Å². The lowest BCUT2D eigenvalue weighted by molar-refractivity contribution is 0.520. The van der Waals surface area contributed by atoms with Gasteiger partial charge in [0.05, 0.1) is 0 Å². The molecule has 0 aliphatic heterocycles. The van der Waals surface area contributed by atoms with Crippen molar-refractivity contribution in [2.75, 3.05) is 23.9 Å². The number of hydrogen-bond donors (Lipinski definition) is 1. The molecule has 1 atom stereocenters. The van der Waals surface area contributed by atoms with E-state index in [0.717, 1.165) is 12.3 Å². The molecular weight excluding hydrogens is 222 g/mol. The van der Waals surface area contributed by atoms with Gasteiger partial charge >= 0.3 is 6.01 Å². The molecule has 1 rings (SSSR count). The van der Waals surface area contributed by atoms with Crippen LogP contribution in [0.2, 0.25) is 0 Å². The number of alkyl halides is 1. The van der Waals surface area contributed by atoms with Crippen LogP contribution in [-0.2, 0) is 5.88 Å². The van der Waals surface area contributed by atoms with E-state index in [-0.39, 0.29) is 5.88 Å². The summed E-state index contributed by atoms with van der Waals surface area (Å²) in [6.45, 7) is 3.01. The summed E-state index contributed by atoms with van der Waals surface area (Å²) < 4.78 is 5.19. The molecule has 0 saturated heterocycles. The summed E-state index contributed by atoms with van der Waals surface area (Å²) in [5.74, 6) is 2.40. The van der Waals surface area contributed by atoms with E-state index in [9.17, 15) is 0 Å². The highest BCUT2D eigenvalue weighted by atomic mass is 35.5. The fourth-order valence-electron chi connectivity index (χ4n) is 0.984. The molecule has 0 spiro atoms. The van der Waals surface area contributed by atoms with Crippen LogP contribution in [0.4, 0.5) is 6.01 Å². The molecule has 0 fully saturated rings. The van der Waals surface area contributed by atoms with Gasteiger partial charge in [0.15, 0.2) is 0 Å². The number of aromatic nitrogens is 2. The van der Waals surface area contributed by atoms with Crippen LogP contribution in [0, 0.1) is 5.92 Å². The lowest BCUT2D eigenvalue weighted by Crippen LogP contribution is -2.13. The molecule has 0 aliphatic carbocycles. The predicted octanol–water partition coefficient (Wildman–Crippen LogP) is 2.22. The number of anilines is 1. The summed E-state index contributed by atoms with van der Waals surface area (Å²) in [6.07, 6.45) is 2.09. The SMILES string of the molecule is CSCC(C)CNc1nnc(CCl)o1. The molecule has 4 nitrogen and oxygen atoms in total. The zero-order valence-electron chi connectivity index (χ0n) is 8.29. The molecule has 1 aromatic rings. The van der Waals surface area contributed by atoms with Gasteiger partial charge in [0.2, 0.25) is 5.89 Å². The minimum atomic E-state index is 0.259. The first kappa shape index (κ1) is 11.7. The Morgan fingerprint density at radius 1 is 1.57 bits per heavy atom. The first-order valence-electron chi connectivity index (χ1n) is 4.37. The van der Waals surface area contributed by atoms with Crippen LogP contribution in [-0.4, -0.2) is 28.8 Å². The Labute approximate surface area is 92.8 Å². The monoisotopic (exact) mass is 235 g/mol. The van der Waals surface area contributed by atoms with E-state index < -0.39 is 0 Å². The van der Waals surface area contributed by atoms with Crippen molar-refractivity contribution in [2.24, 2.45) is 5.92 Å². The normalized spacial score (nSPS) is 12.8. The average Bonchev–Trinajstić information content (AvgIpc) is 2.63. The summed E-state index contributed by atoms with van der Waals surface area (Å²) in [7, 11) is 0. The van der Waals surface area contributed by atoms with Crippen LogP contribution < -0.4 is 5.32 Å². The zero-order valence-corrected chi connectivity index (χ0v) is 9.86. The third-order valence-corrected chi connectivity index (χ3v) is 2.77. The average molecular weight is 236 g/mol. The van der Waals surface area contributed by atoms with Gasteiger partial charge in [-0.25, -0.2) is 0 Å². The van der Waals surface area contributed by atoms with Crippen molar-refractivity contribution in [1.29, 1.82) is 0 Å². The van der Waals surface area contributed by atoms with Crippen molar-refractivity contribution >= 4 is 29.4 Å². The number of nitrogens with one attached hydrogen (secondary N) is 1. The number of hydrogen-bond acceptors (Lipinski definition) is 5. The maximum absolute atomic E-state index is 5.53. The Morgan fingerprint density at radius 3 is 2.93 bits per heavy atom. The van der Waals surface area contributed by atoms with Gasteiger partial charge in [-0.2, -0.15) is 11.8 Å². The molecule has 1 aromatic heterocycles. The highest BCUT2D eigenvalue weighted by Crippen LogP contribution is 2.09.